The number of aromatic nitrogens is 3. The predicted octanol–water partition coefficient (Wildman–Crippen LogP) is 2.02. The molecule has 3 rings (SSSR count). The van der Waals surface area contributed by atoms with Crippen molar-refractivity contribution >= 4 is 27.4 Å². The Morgan fingerprint density at radius 3 is 2.63 bits per heavy atom. The number of hydrogen-bond donors (Lipinski definition) is 0. The van der Waals surface area contributed by atoms with Crippen LogP contribution in [0.25, 0.3) is 5.65 Å². The molecular formula is C13H18BrN5. The lowest BCUT2D eigenvalue weighted by molar-refractivity contribution is 0.209. The van der Waals surface area contributed by atoms with Crippen molar-refractivity contribution in [2.75, 3.05) is 31.1 Å². The molecule has 2 aromatic rings. The third-order valence-electron chi connectivity index (χ3n) is 3.67. The first kappa shape index (κ1) is 12.9. The van der Waals surface area contributed by atoms with Crippen LogP contribution in [0.1, 0.15) is 13.8 Å². The molecule has 1 saturated heterocycles. The number of anilines is 1. The van der Waals surface area contributed by atoms with Crippen LogP contribution in [0.5, 0.6) is 0 Å². The normalized spacial score (nSPS) is 17.6. The van der Waals surface area contributed by atoms with E-state index in [0.717, 1.165) is 42.2 Å². The molecule has 0 radical (unpaired) electrons. The summed E-state index contributed by atoms with van der Waals surface area (Å²) in [5.41, 5.74) is 0.932. The van der Waals surface area contributed by atoms with Crippen LogP contribution in [-0.2, 0) is 0 Å². The van der Waals surface area contributed by atoms with Gasteiger partial charge in [-0.2, -0.15) is 0 Å². The molecule has 0 unspecified atom stereocenters. The van der Waals surface area contributed by atoms with E-state index in [9.17, 15) is 0 Å². The summed E-state index contributed by atoms with van der Waals surface area (Å²) in [6.45, 7) is 8.67. The van der Waals surface area contributed by atoms with Gasteiger partial charge in [0, 0.05) is 50.8 Å². The smallest absolute Gasteiger partial charge is 0.180 e. The topological polar surface area (TPSA) is 36.7 Å². The highest BCUT2D eigenvalue weighted by Crippen LogP contribution is 2.22. The molecule has 5 nitrogen and oxygen atoms in total. The Bertz CT molecular complexity index is 571. The summed E-state index contributed by atoms with van der Waals surface area (Å²) in [7, 11) is 0. The van der Waals surface area contributed by atoms with Crippen LogP contribution in [0.4, 0.5) is 5.82 Å². The maximum Gasteiger partial charge on any atom is 0.180 e. The van der Waals surface area contributed by atoms with Gasteiger partial charge in [-0.1, -0.05) is 0 Å². The zero-order chi connectivity index (χ0) is 13.4. The number of rotatable bonds is 2. The van der Waals surface area contributed by atoms with Gasteiger partial charge >= 0.3 is 0 Å². The molecule has 102 valence electrons. The molecule has 2 aromatic heterocycles. The molecule has 19 heavy (non-hydrogen) atoms. The van der Waals surface area contributed by atoms with Gasteiger partial charge in [-0.05, 0) is 29.8 Å². The maximum absolute atomic E-state index is 4.61. The highest BCUT2D eigenvalue weighted by Gasteiger charge is 2.22. The largest absolute Gasteiger partial charge is 0.351 e. The lowest BCUT2D eigenvalue weighted by Gasteiger charge is -2.37. The number of fused-ring (bicyclic) bond motifs is 1. The van der Waals surface area contributed by atoms with Crippen molar-refractivity contribution in [1.29, 1.82) is 0 Å². The van der Waals surface area contributed by atoms with E-state index in [1.807, 2.05) is 23.0 Å². The average molecular weight is 324 g/mol. The van der Waals surface area contributed by atoms with Crippen LogP contribution in [0, 0.1) is 0 Å². The summed E-state index contributed by atoms with van der Waals surface area (Å²) in [6, 6.07) is 0.615. The number of piperazine rings is 1. The van der Waals surface area contributed by atoms with Gasteiger partial charge in [0.25, 0.3) is 0 Å². The summed E-state index contributed by atoms with van der Waals surface area (Å²) in [5.74, 6) is 0.975. The van der Waals surface area contributed by atoms with Crippen molar-refractivity contribution in [3.8, 4) is 0 Å². The summed E-state index contributed by atoms with van der Waals surface area (Å²) < 4.78 is 2.86. The second-order valence-electron chi connectivity index (χ2n) is 5.16. The van der Waals surface area contributed by atoms with E-state index in [1.165, 1.54) is 0 Å². The Morgan fingerprint density at radius 1 is 1.21 bits per heavy atom. The highest BCUT2D eigenvalue weighted by molar-refractivity contribution is 9.10. The van der Waals surface area contributed by atoms with Gasteiger partial charge in [0.05, 0.1) is 0 Å². The predicted molar refractivity (Wildman–Crippen MR) is 79.6 cm³/mol. The second-order valence-corrected chi connectivity index (χ2v) is 5.97. The van der Waals surface area contributed by atoms with Crippen LogP contribution in [0.3, 0.4) is 0 Å². The molecule has 0 amide bonds. The van der Waals surface area contributed by atoms with Crippen molar-refractivity contribution in [3.63, 3.8) is 0 Å². The Morgan fingerprint density at radius 2 is 1.95 bits per heavy atom. The van der Waals surface area contributed by atoms with E-state index >= 15 is 0 Å². The standard InChI is InChI=1S/C13H18BrN5/c1-10(2)17-5-7-18(8-6-17)13-12-15-3-4-19(12)9-11(14)16-13/h3-4,9-10H,5-8H2,1-2H3. The highest BCUT2D eigenvalue weighted by atomic mass is 79.9. The van der Waals surface area contributed by atoms with Crippen molar-refractivity contribution in [2.24, 2.45) is 0 Å². The van der Waals surface area contributed by atoms with Crippen LogP contribution < -0.4 is 4.90 Å². The van der Waals surface area contributed by atoms with E-state index in [1.54, 1.807) is 0 Å². The second kappa shape index (κ2) is 5.09. The van der Waals surface area contributed by atoms with Gasteiger partial charge in [0.15, 0.2) is 11.5 Å². The third kappa shape index (κ3) is 2.47. The number of imidazole rings is 1. The molecule has 0 atom stereocenters. The van der Waals surface area contributed by atoms with Crippen LogP contribution in [0.15, 0.2) is 23.2 Å². The summed E-state index contributed by atoms with van der Waals surface area (Å²) in [4.78, 5) is 13.8. The van der Waals surface area contributed by atoms with Crippen LogP contribution in [-0.4, -0.2) is 51.5 Å². The average Bonchev–Trinajstić information content (AvgIpc) is 2.85. The summed E-state index contributed by atoms with van der Waals surface area (Å²) in [5, 5.41) is 0. The van der Waals surface area contributed by atoms with Crippen LogP contribution >= 0.6 is 15.9 Å². The first-order chi connectivity index (χ1) is 9.15. The third-order valence-corrected chi connectivity index (χ3v) is 4.05. The lowest BCUT2D eigenvalue weighted by atomic mass is 10.2. The molecule has 3 heterocycles. The Kier molecular flexibility index (Phi) is 3.45. The monoisotopic (exact) mass is 323 g/mol. The SMILES string of the molecule is CC(C)N1CCN(c2nc(Br)cn3ccnc23)CC1. The van der Waals surface area contributed by atoms with Crippen molar-refractivity contribution in [1.82, 2.24) is 19.3 Å². The van der Waals surface area contributed by atoms with Crippen molar-refractivity contribution < 1.29 is 0 Å². The maximum atomic E-state index is 4.61. The minimum Gasteiger partial charge on any atom is -0.351 e. The Labute approximate surface area is 121 Å². The van der Waals surface area contributed by atoms with Gasteiger partial charge in [-0.25, -0.2) is 9.97 Å². The van der Waals surface area contributed by atoms with E-state index in [2.05, 4.69) is 49.5 Å². The minimum atomic E-state index is 0.615. The summed E-state index contributed by atoms with van der Waals surface area (Å²) >= 11 is 3.47. The van der Waals surface area contributed by atoms with Gasteiger partial charge in [0.1, 0.15) is 4.60 Å². The molecule has 0 N–H and O–H groups in total. The van der Waals surface area contributed by atoms with E-state index < -0.39 is 0 Å². The zero-order valence-electron chi connectivity index (χ0n) is 11.3. The fourth-order valence-electron chi connectivity index (χ4n) is 2.55. The fraction of sp³-hybridized carbons (Fsp3) is 0.538. The Balaban J connectivity index is 1.87. The molecule has 1 aliphatic rings. The lowest BCUT2D eigenvalue weighted by Crippen LogP contribution is -2.49. The van der Waals surface area contributed by atoms with Crippen LogP contribution in [0.2, 0.25) is 0 Å². The van der Waals surface area contributed by atoms with E-state index in [-0.39, 0.29) is 0 Å². The number of halogens is 1. The van der Waals surface area contributed by atoms with Gasteiger partial charge in [0.2, 0.25) is 0 Å². The van der Waals surface area contributed by atoms with E-state index in [4.69, 9.17) is 0 Å². The first-order valence-corrected chi connectivity index (χ1v) is 7.42. The molecular weight excluding hydrogens is 306 g/mol. The molecule has 1 fully saturated rings. The van der Waals surface area contributed by atoms with E-state index in [0.29, 0.717) is 6.04 Å². The van der Waals surface area contributed by atoms with Crippen molar-refractivity contribution in [2.45, 2.75) is 19.9 Å². The number of nitrogens with zero attached hydrogens (tertiary/aromatic N) is 5. The van der Waals surface area contributed by atoms with Gasteiger partial charge in [-0.15, -0.1) is 0 Å². The minimum absolute atomic E-state index is 0.615. The first-order valence-electron chi connectivity index (χ1n) is 6.63. The molecule has 6 heteroatoms. The molecule has 0 aliphatic carbocycles. The quantitative estimate of drug-likeness (QED) is 0.847. The van der Waals surface area contributed by atoms with Gasteiger partial charge < -0.3 is 9.30 Å². The Hall–Kier alpha value is -1.14. The molecule has 0 bridgehead atoms. The van der Waals surface area contributed by atoms with Gasteiger partial charge in [-0.3, -0.25) is 4.90 Å². The zero-order valence-corrected chi connectivity index (χ0v) is 12.8. The summed E-state index contributed by atoms with van der Waals surface area (Å²) in [6.07, 6.45) is 5.71. The number of hydrogen-bond acceptors (Lipinski definition) is 4. The molecule has 0 saturated carbocycles. The molecule has 0 aromatic carbocycles. The molecule has 1 aliphatic heterocycles. The fourth-order valence-corrected chi connectivity index (χ4v) is 2.94. The van der Waals surface area contributed by atoms with Crippen molar-refractivity contribution in [3.05, 3.63) is 23.2 Å². The molecule has 0 spiro atoms.